The molecule has 0 radical (unpaired) electrons. The van der Waals surface area contributed by atoms with Gasteiger partial charge >= 0.3 is 0 Å². The van der Waals surface area contributed by atoms with Crippen LogP contribution in [0.3, 0.4) is 0 Å². The summed E-state index contributed by atoms with van der Waals surface area (Å²) in [6, 6.07) is 154. The van der Waals surface area contributed by atoms with Crippen LogP contribution in [0, 0.1) is 6.92 Å². The predicted molar refractivity (Wildman–Crippen MR) is 602 cm³/mol. The Balaban J connectivity index is 0.000000147. The Kier molecular flexibility index (Phi) is 19.1. The van der Waals surface area contributed by atoms with Crippen molar-refractivity contribution in [1.29, 1.82) is 0 Å². The normalized spacial score (nSPS) is 15.9. The summed E-state index contributed by atoms with van der Waals surface area (Å²) < 4.78 is 0. The van der Waals surface area contributed by atoms with Gasteiger partial charge in [-0.3, -0.25) is 0 Å². The zero-order valence-electron chi connectivity index (χ0n) is 85.0. The summed E-state index contributed by atoms with van der Waals surface area (Å²) in [5, 5.41) is 0. The smallest absolute Gasteiger partial charge is 0.0492 e. The highest BCUT2D eigenvalue weighted by atomic mass is 15.2. The van der Waals surface area contributed by atoms with Crippen molar-refractivity contribution < 1.29 is 0 Å². The van der Waals surface area contributed by atoms with Crippen molar-refractivity contribution in [2.24, 2.45) is 0 Å². The highest BCUT2D eigenvalue weighted by molar-refractivity contribution is 5.97. The fourth-order valence-corrected chi connectivity index (χ4v) is 27.1. The molecular formula is C139H118N4. The van der Waals surface area contributed by atoms with Crippen LogP contribution >= 0.6 is 0 Å². The summed E-state index contributed by atoms with van der Waals surface area (Å²) in [4.78, 5) is 9.96. The van der Waals surface area contributed by atoms with Crippen LogP contribution in [0.2, 0.25) is 0 Å². The van der Waals surface area contributed by atoms with E-state index in [0.717, 1.165) is 68.2 Å². The predicted octanol–water partition coefficient (Wildman–Crippen LogP) is 37.7. The minimum absolute atomic E-state index is 0.118. The second kappa shape index (κ2) is 31.2. The molecule has 0 atom stereocenters. The van der Waals surface area contributed by atoms with Crippen LogP contribution in [0.25, 0.3) is 100 Å². The molecule has 0 aromatic heterocycles. The molecule has 0 aliphatic heterocycles. The Hall–Kier alpha value is -15.6. The molecule has 0 unspecified atom stereocenters. The lowest BCUT2D eigenvalue weighted by Crippen LogP contribution is -2.19. The van der Waals surface area contributed by atoms with E-state index >= 15 is 0 Å². The molecule has 0 saturated carbocycles. The fraction of sp³-hybridized carbons (Fsp3) is 0.180. The van der Waals surface area contributed by atoms with E-state index in [1.165, 1.54) is 195 Å². The van der Waals surface area contributed by atoms with E-state index in [1.807, 2.05) is 0 Å². The van der Waals surface area contributed by atoms with E-state index in [-0.39, 0.29) is 43.3 Å². The number of benzene rings is 19. The average Bonchev–Trinajstić information content (AvgIpc) is 1.58. The van der Waals surface area contributed by atoms with Crippen molar-refractivity contribution in [3.8, 4) is 100 Å². The van der Waals surface area contributed by atoms with Crippen molar-refractivity contribution in [2.45, 2.75) is 161 Å². The van der Waals surface area contributed by atoms with Crippen LogP contribution in [-0.2, 0) is 43.3 Å². The minimum Gasteiger partial charge on any atom is -0.310 e. The molecule has 694 valence electrons. The van der Waals surface area contributed by atoms with Gasteiger partial charge in [-0.15, -0.1) is 0 Å². The third kappa shape index (κ3) is 12.9. The monoisotopic (exact) mass is 1840 g/mol. The quantitative estimate of drug-likeness (QED) is 0.114. The maximum absolute atomic E-state index is 2.52. The van der Waals surface area contributed by atoms with Crippen LogP contribution < -0.4 is 19.6 Å². The molecule has 4 nitrogen and oxygen atoms in total. The zero-order chi connectivity index (χ0) is 97.8. The molecule has 0 fully saturated rings. The molecule has 0 heterocycles. The summed E-state index contributed by atoms with van der Waals surface area (Å²) in [5.41, 5.74) is 59.7. The maximum Gasteiger partial charge on any atom is 0.0492 e. The molecule has 0 amide bonds. The van der Waals surface area contributed by atoms with Gasteiger partial charge in [0.1, 0.15) is 0 Å². The van der Waals surface area contributed by atoms with Crippen molar-refractivity contribution in [3.05, 3.63) is 501 Å². The van der Waals surface area contributed by atoms with E-state index in [4.69, 9.17) is 0 Å². The molecule has 19 aromatic rings. The summed E-state index contributed by atoms with van der Waals surface area (Å²) in [6.45, 7) is 40.3. The first-order valence-corrected chi connectivity index (χ1v) is 51.3. The van der Waals surface area contributed by atoms with Crippen LogP contribution in [0.5, 0.6) is 0 Å². The number of hydrogen-bond donors (Lipinski definition) is 0. The van der Waals surface area contributed by atoms with Gasteiger partial charge in [-0.1, -0.05) is 378 Å². The number of rotatable bonds is 13. The second-order valence-corrected chi connectivity index (χ2v) is 45.6. The second-order valence-electron chi connectivity index (χ2n) is 45.6. The third-order valence-electron chi connectivity index (χ3n) is 34.9. The zero-order valence-corrected chi connectivity index (χ0v) is 85.0. The molecule has 143 heavy (non-hydrogen) atoms. The first kappa shape index (κ1) is 87.6. The summed E-state index contributed by atoms with van der Waals surface area (Å²) in [6.07, 6.45) is 0. The first-order chi connectivity index (χ1) is 68.9. The SMILES string of the molecule is CC1(C)c2ccccc2-c2ccc(N(c3ccc(-c4ccc(N(c5ccc6c(c5)C(C)(C)c5ccccc5-6)c5ccc6c(c5)C(C)(C)c5ccccc5-6)cc4)cc3)c3ccc4c(c3)C(C)(C)c3ccccc3-4)cc21.Cc1cc(N(c2ccc3c(c2)C(C)(C)c2ccccc2-3)c2ccc3c(c2)C(C)(C)c2ccccc2-3)ccc1N(c1ccc2c(c1)C(C)(C)c1ccccc1-2)c1ccc2c(c1)C(C)(C)c1ccccc1-2. The Morgan fingerprint density at radius 3 is 0.448 bits per heavy atom. The molecular weight excluding hydrogens is 1730 g/mol. The Labute approximate surface area is 844 Å². The van der Waals surface area contributed by atoms with Crippen LogP contribution in [-0.4, -0.2) is 0 Å². The van der Waals surface area contributed by atoms with Gasteiger partial charge in [0.2, 0.25) is 0 Å². The number of hydrogen-bond acceptors (Lipinski definition) is 4. The Bertz CT molecular complexity index is 7920. The molecule has 27 rings (SSSR count). The lowest BCUT2D eigenvalue weighted by atomic mass is 9.82. The van der Waals surface area contributed by atoms with Gasteiger partial charge in [0.15, 0.2) is 0 Å². The molecule has 0 N–H and O–H groups in total. The van der Waals surface area contributed by atoms with E-state index in [2.05, 4.69) is 544 Å². The van der Waals surface area contributed by atoms with Crippen molar-refractivity contribution >= 4 is 68.2 Å². The highest BCUT2D eigenvalue weighted by Gasteiger charge is 2.46. The topological polar surface area (TPSA) is 13.0 Å². The van der Waals surface area contributed by atoms with Gasteiger partial charge in [-0.05, 0) is 341 Å². The fourth-order valence-electron chi connectivity index (χ4n) is 27.1. The van der Waals surface area contributed by atoms with Gasteiger partial charge in [-0.25, -0.2) is 0 Å². The van der Waals surface area contributed by atoms with Gasteiger partial charge in [0.25, 0.3) is 0 Å². The van der Waals surface area contributed by atoms with Crippen LogP contribution in [0.4, 0.5) is 68.2 Å². The summed E-state index contributed by atoms with van der Waals surface area (Å²) in [5.74, 6) is 0. The summed E-state index contributed by atoms with van der Waals surface area (Å²) in [7, 11) is 0. The molecule has 0 saturated heterocycles. The van der Waals surface area contributed by atoms with Gasteiger partial charge in [0.05, 0.1) is 0 Å². The molecule has 8 aliphatic rings. The molecule has 8 aliphatic carbocycles. The van der Waals surface area contributed by atoms with E-state index in [1.54, 1.807) is 0 Å². The number of fused-ring (bicyclic) bond motifs is 24. The Morgan fingerprint density at radius 1 is 0.126 bits per heavy atom. The maximum atomic E-state index is 2.52. The van der Waals surface area contributed by atoms with Gasteiger partial charge in [0, 0.05) is 112 Å². The van der Waals surface area contributed by atoms with E-state index in [0.29, 0.717) is 0 Å². The van der Waals surface area contributed by atoms with Crippen molar-refractivity contribution in [1.82, 2.24) is 0 Å². The molecule has 0 spiro atoms. The van der Waals surface area contributed by atoms with Crippen LogP contribution in [0.15, 0.2) is 406 Å². The van der Waals surface area contributed by atoms with E-state index < -0.39 is 0 Å². The third-order valence-corrected chi connectivity index (χ3v) is 34.9. The number of aryl methyl sites for hydroxylation is 1. The Morgan fingerprint density at radius 2 is 0.266 bits per heavy atom. The molecule has 4 heteroatoms. The minimum atomic E-state index is -0.133. The largest absolute Gasteiger partial charge is 0.310 e. The van der Waals surface area contributed by atoms with Gasteiger partial charge < -0.3 is 19.6 Å². The lowest BCUT2D eigenvalue weighted by Gasteiger charge is -2.32. The van der Waals surface area contributed by atoms with E-state index in [9.17, 15) is 0 Å². The molecule has 0 bridgehead atoms. The lowest BCUT2D eigenvalue weighted by molar-refractivity contribution is 0.659. The van der Waals surface area contributed by atoms with Crippen LogP contribution in [0.1, 0.15) is 205 Å². The highest BCUT2D eigenvalue weighted by Crippen LogP contribution is 2.62. The van der Waals surface area contributed by atoms with Crippen molar-refractivity contribution in [2.75, 3.05) is 19.6 Å². The average molecular weight is 1840 g/mol. The van der Waals surface area contributed by atoms with Crippen molar-refractivity contribution in [3.63, 3.8) is 0 Å². The number of nitrogens with zero attached hydrogens (tertiary/aromatic N) is 4. The van der Waals surface area contributed by atoms with Gasteiger partial charge in [-0.2, -0.15) is 0 Å². The molecule has 19 aromatic carbocycles. The first-order valence-electron chi connectivity index (χ1n) is 51.3. The standard InChI is InChI=1S/C72H60N2.C67H58N2/c1-69(2)61-21-13-9-17-53(61)57-37-33-49(41-65(57)69)73(50-34-38-58-54-18-10-14-22-62(54)70(3,4)66(58)42-50)47-29-25-45(26-30-47)46-27-31-48(32-28-46)74(51-35-39-59-55-19-11-15-23-63(55)71(5,6)67(59)43-51)52-36-40-60-56-20-12-16-24-64(56)72(7,8)68(60)44-52;1-41-36-42(68(43-26-31-51-47-18-10-14-22-55(47)64(2,3)59(51)37-43)44-27-32-52-48-19-11-15-23-56(48)65(4,5)60(52)38-44)30-35-63(41)69(45-28-33-53-49-20-12-16-24-57(49)66(6,7)61(53)39-45)46-29-34-54-50-21-13-17-25-58(50)67(8,9)62(54)40-46/h9-44H,1-8H3;10-40H,1-9H3. The summed E-state index contributed by atoms with van der Waals surface area (Å²) >= 11 is 0. The number of anilines is 12.